The number of rotatable bonds is 2. The van der Waals surface area contributed by atoms with Gasteiger partial charge in [-0.2, -0.15) is 0 Å². The molecule has 1 aromatic carbocycles. The minimum Gasteiger partial charge on any atom is -0.384 e. The first-order valence-corrected chi connectivity index (χ1v) is 7.91. The molecule has 0 bridgehead atoms. The van der Waals surface area contributed by atoms with Crippen molar-refractivity contribution in [1.82, 2.24) is 4.90 Å². The molecule has 1 aromatic rings. The molecule has 2 unspecified atom stereocenters. The first-order valence-electron chi connectivity index (χ1n) is 7.91. The van der Waals surface area contributed by atoms with Gasteiger partial charge in [0.15, 0.2) is 0 Å². The largest absolute Gasteiger partial charge is 0.384 e. The summed E-state index contributed by atoms with van der Waals surface area (Å²) < 4.78 is 5.93. The third-order valence-corrected chi connectivity index (χ3v) is 4.50. The van der Waals surface area contributed by atoms with Crippen molar-refractivity contribution in [2.24, 2.45) is 0 Å². The highest BCUT2D eigenvalue weighted by Gasteiger charge is 2.33. The molecule has 2 atom stereocenters. The van der Waals surface area contributed by atoms with Gasteiger partial charge >= 0.3 is 0 Å². The molecular formula is C18H23NO2. The molecule has 2 fully saturated rings. The summed E-state index contributed by atoms with van der Waals surface area (Å²) in [6.45, 7) is 2.81. The Bertz CT molecular complexity index is 512. The Balaban J connectivity index is 1.65. The number of aliphatic hydroxyl groups is 1. The van der Waals surface area contributed by atoms with Gasteiger partial charge in [-0.25, -0.2) is 0 Å². The third kappa shape index (κ3) is 3.65. The molecule has 2 aliphatic rings. The zero-order valence-electron chi connectivity index (χ0n) is 12.4. The second-order valence-electron chi connectivity index (χ2n) is 5.89. The minimum atomic E-state index is -0.0847. The van der Waals surface area contributed by atoms with E-state index in [1.807, 2.05) is 12.1 Å². The van der Waals surface area contributed by atoms with Gasteiger partial charge in [0.2, 0.25) is 0 Å². The van der Waals surface area contributed by atoms with Crippen molar-refractivity contribution in [2.45, 2.75) is 44.4 Å². The van der Waals surface area contributed by atoms with E-state index < -0.39 is 0 Å². The van der Waals surface area contributed by atoms with Gasteiger partial charge in [-0.3, -0.25) is 4.90 Å². The van der Waals surface area contributed by atoms with Crippen LogP contribution in [-0.2, 0) is 11.3 Å². The van der Waals surface area contributed by atoms with Crippen LogP contribution in [0.15, 0.2) is 24.3 Å². The fraction of sp³-hybridized carbons (Fsp3) is 0.556. The van der Waals surface area contributed by atoms with E-state index in [4.69, 9.17) is 9.84 Å². The minimum absolute atomic E-state index is 0.0847. The predicted molar refractivity (Wildman–Crippen MR) is 82.8 cm³/mol. The number of aliphatic hydroxyl groups excluding tert-OH is 1. The van der Waals surface area contributed by atoms with Crippen LogP contribution >= 0.6 is 0 Å². The lowest BCUT2D eigenvalue weighted by Crippen LogP contribution is -2.52. The molecule has 112 valence electrons. The number of ether oxygens (including phenoxy) is 1. The first-order chi connectivity index (χ1) is 10.4. The molecule has 1 heterocycles. The standard InChI is InChI=1S/C18H23NO2/c20-12-3-4-15-7-9-16(10-8-15)14-19-11-13-21-18-6-2-1-5-17(18)19/h7-10,17-18,20H,1-2,5-6,11-14H2. The van der Waals surface area contributed by atoms with Crippen molar-refractivity contribution in [3.05, 3.63) is 35.4 Å². The van der Waals surface area contributed by atoms with Crippen LogP contribution in [0, 0.1) is 11.8 Å². The molecule has 1 N–H and O–H groups in total. The quantitative estimate of drug-likeness (QED) is 0.845. The van der Waals surface area contributed by atoms with Gasteiger partial charge in [0.05, 0.1) is 12.7 Å². The number of hydrogen-bond acceptors (Lipinski definition) is 3. The summed E-state index contributed by atoms with van der Waals surface area (Å²) in [4.78, 5) is 2.59. The molecule has 1 saturated heterocycles. The van der Waals surface area contributed by atoms with Crippen LogP contribution in [-0.4, -0.2) is 41.9 Å². The summed E-state index contributed by atoms with van der Waals surface area (Å²) in [6.07, 6.45) is 5.58. The summed E-state index contributed by atoms with van der Waals surface area (Å²) in [5, 5.41) is 8.72. The second-order valence-corrected chi connectivity index (χ2v) is 5.89. The Labute approximate surface area is 126 Å². The van der Waals surface area contributed by atoms with Crippen LogP contribution in [0.1, 0.15) is 36.8 Å². The van der Waals surface area contributed by atoms with Gasteiger partial charge in [0, 0.05) is 24.7 Å². The number of hydrogen-bond donors (Lipinski definition) is 1. The lowest BCUT2D eigenvalue weighted by atomic mass is 9.90. The summed E-state index contributed by atoms with van der Waals surface area (Å²) in [7, 11) is 0. The van der Waals surface area contributed by atoms with Gasteiger partial charge in [-0.15, -0.1) is 0 Å². The maximum absolute atomic E-state index is 8.72. The Morgan fingerprint density at radius 1 is 1.19 bits per heavy atom. The van der Waals surface area contributed by atoms with E-state index in [1.54, 1.807) is 0 Å². The summed E-state index contributed by atoms with van der Waals surface area (Å²) >= 11 is 0. The topological polar surface area (TPSA) is 32.7 Å². The van der Waals surface area contributed by atoms with E-state index in [9.17, 15) is 0 Å². The van der Waals surface area contributed by atoms with Gasteiger partial charge < -0.3 is 9.84 Å². The van der Waals surface area contributed by atoms with Crippen molar-refractivity contribution in [1.29, 1.82) is 0 Å². The van der Waals surface area contributed by atoms with E-state index >= 15 is 0 Å². The zero-order chi connectivity index (χ0) is 14.5. The summed E-state index contributed by atoms with van der Waals surface area (Å²) in [5.41, 5.74) is 2.29. The molecule has 0 amide bonds. The third-order valence-electron chi connectivity index (χ3n) is 4.50. The average Bonchev–Trinajstić information content (AvgIpc) is 2.55. The summed E-state index contributed by atoms with van der Waals surface area (Å²) in [5.74, 6) is 5.62. The molecule has 3 rings (SSSR count). The molecule has 1 saturated carbocycles. The maximum atomic E-state index is 8.72. The molecule has 3 nitrogen and oxygen atoms in total. The van der Waals surface area contributed by atoms with Crippen molar-refractivity contribution in [3.63, 3.8) is 0 Å². The van der Waals surface area contributed by atoms with Gasteiger partial charge in [0.25, 0.3) is 0 Å². The van der Waals surface area contributed by atoms with Crippen LogP contribution < -0.4 is 0 Å². The molecular weight excluding hydrogens is 262 g/mol. The van der Waals surface area contributed by atoms with Crippen LogP contribution in [0.5, 0.6) is 0 Å². The van der Waals surface area contributed by atoms with E-state index in [0.29, 0.717) is 12.1 Å². The molecule has 1 aliphatic carbocycles. The van der Waals surface area contributed by atoms with E-state index in [2.05, 4.69) is 28.9 Å². The van der Waals surface area contributed by atoms with Crippen LogP contribution in [0.2, 0.25) is 0 Å². The van der Waals surface area contributed by atoms with Gasteiger partial charge in [-0.05, 0) is 30.5 Å². The lowest BCUT2D eigenvalue weighted by molar-refractivity contribution is -0.0911. The Kier molecular flexibility index (Phi) is 4.92. The van der Waals surface area contributed by atoms with E-state index in [-0.39, 0.29) is 6.61 Å². The number of morpholine rings is 1. The van der Waals surface area contributed by atoms with Gasteiger partial charge in [-0.1, -0.05) is 36.8 Å². The van der Waals surface area contributed by atoms with Crippen molar-refractivity contribution in [3.8, 4) is 11.8 Å². The smallest absolute Gasteiger partial charge is 0.104 e. The van der Waals surface area contributed by atoms with Crippen LogP contribution in [0.3, 0.4) is 0 Å². The molecule has 3 heteroatoms. The van der Waals surface area contributed by atoms with Crippen molar-refractivity contribution < 1.29 is 9.84 Å². The monoisotopic (exact) mass is 285 g/mol. The van der Waals surface area contributed by atoms with Crippen molar-refractivity contribution in [2.75, 3.05) is 19.8 Å². The van der Waals surface area contributed by atoms with Gasteiger partial charge in [0.1, 0.15) is 6.61 Å². The molecule has 1 aliphatic heterocycles. The fourth-order valence-electron chi connectivity index (χ4n) is 3.44. The maximum Gasteiger partial charge on any atom is 0.104 e. The number of nitrogens with zero attached hydrogens (tertiary/aromatic N) is 1. The first kappa shape index (κ1) is 14.6. The van der Waals surface area contributed by atoms with Crippen molar-refractivity contribution >= 4 is 0 Å². The van der Waals surface area contributed by atoms with Crippen LogP contribution in [0.25, 0.3) is 0 Å². The number of fused-ring (bicyclic) bond motifs is 1. The molecule has 0 aromatic heterocycles. The SMILES string of the molecule is OCC#Cc1ccc(CN2CCOC3CCCCC32)cc1. The number of benzene rings is 1. The van der Waals surface area contributed by atoms with E-state index in [0.717, 1.165) is 25.3 Å². The molecule has 21 heavy (non-hydrogen) atoms. The lowest BCUT2D eigenvalue weighted by Gasteiger charge is -2.43. The Hall–Kier alpha value is -1.34. The highest BCUT2D eigenvalue weighted by atomic mass is 16.5. The Morgan fingerprint density at radius 3 is 2.81 bits per heavy atom. The zero-order valence-corrected chi connectivity index (χ0v) is 12.4. The normalized spacial score (nSPS) is 25.8. The summed E-state index contributed by atoms with van der Waals surface area (Å²) in [6, 6.07) is 8.97. The molecule has 0 spiro atoms. The highest BCUT2D eigenvalue weighted by molar-refractivity contribution is 5.36. The van der Waals surface area contributed by atoms with E-state index in [1.165, 1.54) is 31.2 Å². The van der Waals surface area contributed by atoms with Crippen LogP contribution in [0.4, 0.5) is 0 Å². The highest BCUT2D eigenvalue weighted by Crippen LogP contribution is 2.29. The fourth-order valence-corrected chi connectivity index (χ4v) is 3.44. The molecule has 0 radical (unpaired) electrons. The average molecular weight is 285 g/mol. The second kappa shape index (κ2) is 7.09. The Morgan fingerprint density at radius 2 is 2.00 bits per heavy atom. The predicted octanol–water partition coefficient (Wildman–Crippen LogP) is 2.17.